The Morgan fingerprint density at radius 1 is 1.23 bits per heavy atom. The Hall–Kier alpha value is -3.67. The second-order valence-electron chi connectivity index (χ2n) is 5.90. The van der Waals surface area contributed by atoms with E-state index in [-0.39, 0.29) is 22.3 Å². The Morgan fingerprint density at radius 2 is 1.97 bits per heavy atom. The molecule has 0 atom stereocenters. The molecular formula is C20H13Cl2N5O3. The molecule has 3 rings (SSSR count). The Labute approximate surface area is 181 Å². The van der Waals surface area contributed by atoms with Crippen LogP contribution >= 0.6 is 23.2 Å². The minimum Gasteiger partial charge on any atom is -0.486 e. The number of halogens is 2. The first-order valence-corrected chi connectivity index (χ1v) is 9.23. The van der Waals surface area contributed by atoms with Gasteiger partial charge >= 0.3 is 0 Å². The average Bonchev–Trinajstić information content (AvgIpc) is 2.74. The van der Waals surface area contributed by atoms with Crippen molar-refractivity contribution in [3.63, 3.8) is 0 Å². The molecule has 0 fully saturated rings. The van der Waals surface area contributed by atoms with Gasteiger partial charge in [0, 0.05) is 11.6 Å². The molecule has 150 valence electrons. The van der Waals surface area contributed by atoms with Crippen LogP contribution in [0.3, 0.4) is 0 Å². The first-order valence-electron chi connectivity index (χ1n) is 8.47. The number of nitriles is 1. The van der Waals surface area contributed by atoms with Gasteiger partial charge in [0.15, 0.2) is 5.75 Å². The van der Waals surface area contributed by atoms with Crippen molar-refractivity contribution in [2.75, 3.05) is 5.43 Å². The number of nitrogens with one attached hydrogen (secondary N) is 1. The predicted octanol–water partition coefficient (Wildman–Crippen LogP) is 5.19. The smallest absolute Gasteiger partial charge is 0.287 e. The van der Waals surface area contributed by atoms with E-state index in [1.54, 1.807) is 30.3 Å². The fraction of sp³-hybridized carbons (Fsp3) is 0.0500. The molecule has 30 heavy (non-hydrogen) atoms. The topological polar surface area (TPSA) is 113 Å². The molecule has 0 bridgehead atoms. The van der Waals surface area contributed by atoms with Crippen molar-refractivity contribution in [3.8, 4) is 11.8 Å². The zero-order valence-corrected chi connectivity index (χ0v) is 16.8. The molecule has 2 aromatic carbocycles. The molecule has 3 aromatic rings. The van der Waals surface area contributed by atoms with Gasteiger partial charge in [-0.25, -0.2) is 4.98 Å². The third kappa shape index (κ3) is 5.23. The van der Waals surface area contributed by atoms with Crippen LogP contribution in [0.5, 0.6) is 5.75 Å². The van der Waals surface area contributed by atoms with E-state index in [1.807, 2.05) is 6.07 Å². The number of hydrazone groups is 1. The van der Waals surface area contributed by atoms with Crippen LogP contribution in [-0.4, -0.2) is 16.1 Å². The van der Waals surface area contributed by atoms with E-state index < -0.39 is 4.92 Å². The van der Waals surface area contributed by atoms with E-state index in [0.717, 1.165) is 11.8 Å². The van der Waals surface area contributed by atoms with Crippen LogP contribution in [0.25, 0.3) is 0 Å². The molecule has 0 unspecified atom stereocenters. The molecule has 0 aliphatic heterocycles. The monoisotopic (exact) mass is 441 g/mol. The quantitative estimate of drug-likeness (QED) is 0.306. The minimum atomic E-state index is -0.535. The number of hydrogen-bond donors (Lipinski definition) is 1. The van der Waals surface area contributed by atoms with Crippen molar-refractivity contribution in [3.05, 3.63) is 91.6 Å². The maximum atomic E-state index is 10.6. The van der Waals surface area contributed by atoms with Gasteiger partial charge in [0.1, 0.15) is 18.6 Å². The Kier molecular flexibility index (Phi) is 6.80. The first-order chi connectivity index (χ1) is 14.5. The van der Waals surface area contributed by atoms with E-state index in [2.05, 4.69) is 21.6 Å². The molecule has 0 aliphatic rings. The Balaban J connectivity index is 1.67. The fourth-order valence-electron chi connectivity index (χ4n) is 2.43. The normalized spacial score (nSPS) is 10.6. The van der Waals surface area contributed by atoms with E-state index in [4.69, 9.17) is 33.2 Å². The Morgan fingerprint density at radius 3 is 2.60 bits per heavy atom. The molecule has 1 heterocycles. The number of ether oxygens (including phenoxy) is 1. The van der Waals surface area contributed by atoms with Crippen molar-refractivity contribution in [2.45, 2.75) is 6.61 Å². The fourth-order valence-corrected chi connectivity index (χ4v) is 3.04. The summed E-state index contributed by atoms with van der Waals surface area (Å²) < 4.78 is 5.72. The van der Waals surface area contributed by atoms with Crippen molar-refractivity contribution >= 4 is 40.9 Å². The first kappa shape index (κ1) is 21.0. The lowest BCUT2D eigenvalue weighted by molar-refractivity contribution is -0.385. The van der Waals surface area contributed by atoms with Gasteiger partial charge in [-0.05, 0) is 29.8 Å². The lowest BCUT2D eigenvalue weighted by Gasteiger charge is -2.11. The van der Waals surface area contributed by atoms with Crippen LogP contribution in [-0.2, 0) is 6.61 Å². The van der Waals surface area contributed by atoms with Gasteiger partial charge in [-0.3, -0.25) is 15.5 Å². The molecule has 0 saturated heterocycles. The van der Waals surface area contributed by atoms with E-state index in [9.17, 15) is 10.1 Å². The summed E-state index contributed by atoms with van der Waals surface area (Å²) in [5.41, 5.74) is 4.38. The van der Waals surface area contributed by atoms with Crippen LogP contribution in [0.15, 0.2) is 59.8 Å². The maximum absolute atomic E-state index is 10.6. The Bertz CT molecular complexity index is 1120. The van der Waals surface area contributed by atoms with E-state index in [0.29, 0.717) is 22.7 Å². The number of anilines is 1. The number of nitro groups is 1. The molecule has 0 aliphatic carbocycles. The summed E-state index contributed by atoms with van der Waals surface area (Å²) in [7, 11) is 0. The molecule has 0 saturated carbocycles. The van der Waals surface area contributed by atoms with Crippen LogP contribution in [0, 0.1) is 21.4 Å². The summed E-state index contributed by atoms with van der Waals surface area (Å²) in [6, 6.07) is 15.2. The summed E-state index contributed by atoms with van der Waals surface area (Å²) in [6.07, 6.45) is 2.60. The number of hydrogen-bond acceptors (Lipinski definition) is 7. The largest absolute Gasteiger partial charge is 0.486 e. The molecular weight excluding hydrogens is 429 g/mol. The number of aromatic nitrogens is 1. The highest BCUT2D eigenvalue weighted by atomic mass is 35.5. The SMILES string of the molecule is N#Cc1ccccc1COc1c(Cl)cc(/C=N/Nc2ccc([N+](=O)[O-])cn2)cc1Cl. The number of pyridine rings is 1. The van der Waals surface area contributed by atoms with Crippen LogP contribution in [0.1, 0.15) is 16.7 Å². The number of nitrogens with zero attached hydrogens (tertiary/aromatic N) is 4. The second-order valence-corrected chi connectivity index (χ2v) is 6.71. The molecule has 0 amide bonds. The van der Waals surface area contributed by atoms with E-state index >= 15 is 0 Å². The lowest BCUT2D eigenvalue weighted by Crippen LogP contribution is -2.00. The standard InChI is InChI=1S/C20H13Cl2N5O3/c21-17-7-13(10-25-26-19-6-5-16(11-24-19)27(28)29)8-18(22)20(17)30-12-15-4-2-1-3-14(15)9-23/h1-8,10-11H,12H2,(H,24,26)/b25-10+. The summed E-state index contributed by atoms with van der Waals surface area (Å²) in [5.74, 6) is 0.637. The highest BCUT2D eigenvalue weighted by molar-refractivity contribution is 6.37. The van der Waals surface area contributed by atoms with Crippen molar-refractivity contribution < 1.29 is 9.66 Å². The van der Waals surface area contributed by atoms with Gasteiger partial charge in [0.05, 0.1) is 32.8 Å². The van der Waals surface area contributed by atoms with Crippen molar-refractivity contribution in [1.29, 1.82) is 5.26 Å². The van der Waals surface area contributed by atoms with Gasteiger partial charge in [-0.1, -0.05) is 41.4 Å². The van der Waals surface area contributed by atoms with Crippen LogP contribution in [0.4, 0.5) is 11.5 Å². The molecule has 0 radical (unpaired) electrons. The maximum Gasteiger partial charge on any atom is 0.287 e. The van der Waals surface area contributed by atoms with Crippen molar-refractivity contribution in [1.82, 2.24) is 4.98 Å². The van der Waals surface area contributed by atoms with Crippen LogP contribution < -0.4 is 10.2 Å². The van der Waals surface area contributed by atoms with Gasteiger partial charge in [0.25, 0.3) is 5.69 Å². The lowest BCUT2D eigenvalue weighted by atomic mass is 10.1. The number of benzene rings is 2. The summed E-state index contributed by atoms with van der Waals surface area (Å²) in [5, 5.41) is 24.4. The van der Waals surface area contributed by atoms with Crippen molar-refractivity contribution in [2.24, 2.45) is 5.10 Å². The minimum absolute atomic E-state index is 0.115. The number of rotatable bonds is 7. The highest BCUT2D eigenvalue weighted by Crippen LogP contribution is 2.34. The summed E-state index contributed by atoms with van der Waals surface area (Å²) >= 11 is 12.6. The van der Waals surface area contributed by atoms with Gasteiger partial charge in [-0.2, -0.15) is 10.4 Å². The van der Waals surface area contributed by atoms with Gasteiger partial charge < -0.3 is 4.74 Å². The molecule has 10 heteroatoms. The third-order valence-electron chi connectivity index (χ3n) is 3.88. The zero-order chi connectivity index (χ0) is 21.5. The van der Waals surface area contributed by atoms with Crippen LogP contribution in [0.2, 0.25) is 10.0 Å². The predicted molar refractivity (Wildman–Crippen MR) is 114 cm³/mol. The van der Waals surface area contributed by atoms with E-state index in [1.165, 1.54) is 18.3 Å². The summed E-state index contributed by atoms with van der Waals surface area (Å²) in [6.45, 7) is 0.143. The third-order valence-corrected chi connectivity index (χ3v) is 4.44. The molecule has 0 spiro atoms. The average molecular weight is 442 g/mol. The van der Waals surface area contributed by atoms with Gasteiger partial charge in [-0.15, -0.1) is 0 Å². The second kappa shape index (κ2) is 9.69. The zero-order valence-electron chi connectivity index (χ0n) is 15.3. The molecule has 1 N–H and O–H groups in total. The highest BCUT2D eigenvalue weighted by Gasteiger charge is 2.11. The summed E-state index contributed by atoms with van der Waals surface area (Å²) in [4.78, 5) is 14.0. The molecule has 8 nitrogen and oxygen atoms in total. The van der Waals surface area contributed by atoms with Gasteiger partial charge in [0.2, 0.25) is 0 Å². The molecule has 1 aromatic heterocycles.